The third kappa shape index (κ3) is 7.06. The Morgan fingerprint density at radius 3 is 2.00 bits per heavy atom. The SMILES string of the molecule is COc1cc(CN2C(=O)N(Cc3ccc(O)c(OC)c3)N(C(=O)CC(C)C)C[C@@H](O)[C@H]2Cc2ccccc2)ccc1O. The fourth-order valence-corrected chi connectivity index (χ4v) is 5.14. The van der Waals surface area contributed by atoms with E-state index in [0.717, 1.165) is 5.56 Å². The van der Waals surface area contributed by atoms with Crippen LogP contribution in [0.3, 0.4) is 0 Å². The predicted molar refractivity (Wildman–Crippen MR) is 157 cm³/mol. The maximum atomic E-state index is 14.5. The molecule has 4 rings (SSSR count). The van der Waals surface area contributed by atoms with E-state index in [1.165, 1.54) is 36.4 Å². The monoisotopic (exact) mass is 577 g/mol. The molecule has 3 amide bonds. The quantitative estimate of drug-likeness (QED) is 0.328. The number of hydrogen-bond donors (Lipinski definition) is 3. The molecule has 0 aliphatic carbocycles. The van der Waals surface area contributed by atoms with Gasteiger partial charge in [0.25, 0.3) is 0 Å². The molecular formula is C32H39N3O7. The summed E-state index contributed by atoms with van der Waals surface area (Å²) in [6.45, 7) is 3.85. The predicted octanol–water partition coefficient (Wildman–Crippen LogP) is 4.31. The van der Waals surface area contributed by atoms with Gasteiger partial charge in [0.15, 0.2) is 23.0 Å². The number of phenols is 2. The van der Waals surface area contributed by atoms with Crippen molar-refractivity contribution in [2.24, 2.45) is 5.92 Å². The summed E-state index contributed by atoms with van der Waals surface area (Å²) in [5, 5.41) is 34.6. The van der Waals surface area contributed by atoms with Gasteiger partial charge in [-0.2, -0.15) is 0 Å². The highest BCUT2D eigenvalue weighted by Gasteiger charge is 2.42. The fraction of sp³-hybridized carbons (Fsp3) is 0.375. The molecule has 1 heterocycles. The van der Waals surface area contributed by atoms with Crippen molar-refractivity contribution in [1.82, 2.24) is 14.9 Å². The van der Waals surface area contributed by atoms with Gasteiger partial charge in [-0.3, -0.25) is 4.79 Å². The number of methoxy groups -OCH3 is 2. The summed E-state index contributed by atoms with van der Waals surface area (Å²) in [5.74, 6) is 0.177. The molecule has 3 N–H and O–H groups in total. The van der Waals surface area contributed by atoms with Crippen LogP contribution in [-0.2, 0) is 24.3 Å². The molecule has 1 aliphatic heterocycles. The second kappa shape index (κ2) is 13.5. The van der Waals surface area contributed by atoms with Gasteiger partial charge in [-0.05, 0) is 53.3 Å². The first kappa shape index (κ1) is 30.5. The van der Waals surface area contributed by atoms with Crippen LogP contribution in [-0.4, -0.2) is 75.1 Å². The smallest absolute Gasteiger partial charge is 0.339 e. The van der Waals surface area contributed by atoms with Gasteiger partial charge >= 0.3 is 6.03 Å². The van der Waals surface area contributed by atoms with Crippen molar-refractivity contribution < 1.29 is 34.4 Å². The molecule has 1 saturated heterocycles. The lowest BCUT2D eigenvalue weighted by Gasteiger charge is -2.36. The Labute approximate surface area is 246 Å². The molecule has 224 valence electrons. The number of hydrogen-bond acceptors (Lipinski definition) is 7. The van der Waals surface area contributed by atoms with Gasteiger partial charge in [0.2, 0.25) is 5.91 Å². The van der Waals surface area contributed by atoms with Crippen molar-refractivity contribution in [3.05, 3.63) is 83.4 Å². The largest absolute Gasteiger partial charge is 0.504 e. The minimum absolute atomic E-state index is 0.000511. The average molecular weight is 578 g/mol. The van der Waals surface area contributed by atoms with Gasteiger partial charge in [-0.25, -0.2) is 14.8 Å². The molecule has 0 bridgehead atoms. The first-order valence-electron chi connectivity index (χ1n) is 13.9. The van der Waals surface area contributed by atoms with E-state index < -0.39 is 18.2 Å². The number of phenolic OH excluding ortho intramolecular Hbond substituents is 2. The molecule has 0 saturated carbocycles. The van der Waals surface area contributed by atoms with E-state index in [1.54, 1.807) is 29.2 Å². The highest BCUT2D eigenvalue weighted by molar-refractivity contribution is 5.82. The van der Waals surface area contributed by atoms with Gasteiger partial charge in [0, 0.05) is 13.0 Å². The van der Waals surface area contributed by atoms with Crippen LogP contribution < -0.4 is 9.47 Å². The molecule has 42 heavy (non-hydrogen) atoms. The van der Waals surface area contributed by atoms with Crippen LogP contribution in [0.4, 0.5) is 4.79 Å². The zero-order chi connectivity index (χ0) is 30.4. The summed E-state index contributed by atoms with van der Waals surface area (Å²) >= 11 is 0. The fourth-order valence-electron chi connectivity index (χ4n) is 5.14. The lowest BCUT2D eigenvalue weighted by atomic mass is 9.99. The lowest BCUT2D eigenvalue weighted by Crippen LogP contribution is -2.52. The zero-order valence-corrected chi connectivity index (χ0v) is 24.4. The molecule has 3 aromatic carbocycles. The molecule has 3 aromatic rings. The van der Waals surface area contributed by atoms with E-state index in [-0.39, 0.29) is 60.9 Å². The molecule has 10 nitrogen and oxygen atoms in total. The second-order valence-electron chi connectivity index (χ2n) is 10.9. The Morgan fingerprint density at radius 2 is 1.45 bits per heavy atom. The van der Waals surface area contributed by atoms with E-state index in [4.69, 9.17) is 9.47 Å². The molecule has 0 spiro atoms. The number of aliphatic hydroxyl groups is 1. The van der Waals surface area contributed by atoms with Crippen molar-refractivity contribution in [2.45, 2.75) is 51.9 Å². The third-order valence-electron chi connectivity index (χ3n) is 7.29. The number of ether oxygens (including phenoxy) is 2. The van der Waals surface area contributed by atoms with Gasteiger partial charge in [0.05, 0.1) is 39.5 Å². The van der Waals surface area contributed by atoms with Crippen LogP contribution >= 0.6 is 0 Å². The minimum atomic E-state index is -1.07. The highest BCUT2D eigenvalue weighted by atomic mass is 16.5. The number of carbonyl (C=O) groups excluding carboxylic acids is 2. The van der Waals surface area contributed by atoms with Crippen molar-refractivity contribution in [1.29, 1.82) is 0 Å². The summed E-state index contributed by atoms with van der Waals surface area (Å²) in [6, 6.07) is 18.0. The summed E-state index contributed by atoms with van der Waals surface area (Å²) in [4.78, 5) is 29.7. The zero-order valence-electron chi connectivity index (χ0n) is 24.4. The van der Waals surface area contributed by atoms with Gasteiger partial charge in [-0.1, -0.05) is 56.3 Å². The first-order valence-corrected chi connectivity index (χ1v) is 13.9. The van der Waals surface area contributed by atoms with E-state index in [1.807, 2.05) is 44.2 Å². The molecular weight excluding hydrogens is 538 g/mol. The number of nitrogens with zero attached hydrogens (tertiary/aromatic N) is 3. The number of hydrazine groups is 1. The molecule has 0 aromatic heterocycles. The Bertz CT molecular complexity index is 1380. The van der Waals surface area contributed by atoms with Crippen molar-refractivity contribution in [3.8, 4) is 23.0 Å². The summed E-state index contributed by atoms with van der Waals surface area (Å²) < 4.78 is 10.6. The Morgan fingerprint density at radius 1 is 0.881 bits per heavy atom. The normalized spacial score (nSPS) is 17.4. The number of carbonyl (C=O) groups is 2. The lowest BCUT2D eigenvalue weighted by molar-refractivity contribution is -0.147. The van der Waals surface area contributed by atoms with E-state index >= 15 is 0 Å². The summed E-state index contributed by atoms with van der Waals surface area (Å²) in [7, 11) is 2.89. The maximum absolute atomic E-state index is 14.5. The van der Waals surface area contributed by atoms with E-state index in [0.29, 0.717) is 17.5 Å². The Hall–Kier alpha value is -4.44. The number of urea groups is 1. The molecule has 2 atom stereocenters. The first-order chi connectivity index (χ1) is 20.1. The van der Waals surface area contributed by atoms with Crippen LogP contribution in [0.1, 0.15) is 37.0 Å². The maximum Gasteiger partial charge on any atom is 0.339 e. The number of benzene rings is 3. The molecule has 10 heteroatoms. The Kier molecular flexibility index (Phi) is 9.80. The van der Waals surface area contributed by atoms with Crippen LogP contribution in [0.5, 0.6) is 23.0 Å². The standard InChI is InChI=1S/C32H39N3O7/c1-21(2)14-31(39)34-20-28(38)25(15-22-8-6-5-7-9-22)33(18-23-10-12-26(36)29(16-23)41-3)32(40)35(34)19-24-11-13-27(37)30(17-24)42-4/h5-13,16-17,21,25,28,36-38H,14-15,18-20H2,1-4H3/t25-,28-/m1/s1. The van der Waals surface area contributed by atoms with Crippen LogP contribution in [0.15, 0.2) is 66.7 Å². The molecule has 1 aliphatic rings. The second-order valence-corrected chi connectivity index (χ2v) is 10.9. The average Bonchev–Trinajstić information content (AvgIpc) is 3.06. The molecule has 0 radical (unpaired) electrons. The van der Waals surface area contributed by atoms with Gasteiger partial charge in [-0.15, -0.1) is 0 Å². The van der Waals surface area contributed by atoms with Crippen molar-refractivity contribution in [2.75, 3.05) is 20.8 Å². The van der Waals surface area contributed by atoms with Crippen LogP contribution in [0.2, 0.25) is 0 Å². The van der Waals surface area contributed by atoms with Gasteiger partial charge in [0.1, 0.15) is 0 Å². The minimum Gasteiger partial charge on any atom is -0.504 e. The van der Waals surface area contributed by atoms with Crippen molar-refractivity contribution >= 4 is 11.9 Å². The Balaban J connectivity index is 1.80. The summed E-state index contributed by atoms with van der Waals surface area (Å²) in [5.41, 5.74) is 2.23. The van der Waals surface area contributed by atoms with Crippen LogP contribution in [0.25, 0.3) is 0 Å². The number of aromatic hydroxyl groups is 2. The van der Waals surface area contributed by atoms with Gasteiger partial charge < -0.3 is 29.7 Å². The number of β-amino-alcohol motifs (C(OH)–C–C–N with tert-alkyl or cyclic N) is 1. The topological polar surface area (TPSA) is 123 Å². The van der Waals surface area contributed by atoms with Crippen molar-refractivity contribution in [3.63, 3.8) is 0 Å². The number of rotatable bonds is 10. The third-order valence-corrected chi connectivity index (χ3v) is 7.29. The molecule has 0 unspecified atom stereocenters. The highest BCUT2D eigenvalue weighted by Crippen LogP contribution is 2.31. The van der Waals surface area contributed by atoms with E-state index in [2.05, 4.69) is 0 Å². The van der Waals surface area contributed by atoms with E-state index in [9.17, 15) is 24.9 Å². The number of aliphatic hydroxyl groups excluding tert-OH is 1. The molecule has 1 fully saturated rings. The number of amides is 3. The van der Waals surface area contributed by atoms with Crippen LogP contribution in [0, 0.1) is 5.92 Å². The summed E-state index contributed by atoms with van der Waals surface area (Å²) in [6.07, 6.45) is -0.520.